The van der Waals surface area contributed by atoms with Gasteiger partial charge in [-0.2, -0.15) is 0 Å². The summed E-state index contributed by atoms with van der Waals surface area (Å²) in [6.45, 7) is 4.07. The lowest BCUT2D eigenvalue weighted by Gasteiger charge is -2.04. The summed E-state index contributed by atoms with van der Waals surface area (Å²) in [5.74, 6) is 0. The molecule has 0 saturated heterocycles. The van der Waals surface area contributed by atoms with Crippen molar-refractivity contribution in [2.75, 3.05) is 0 Å². The van der Waals surface area contributed by atoms with Crippen LogP contribution in [0.3, 0.4) is 0 Å². The molecule has 1 aromatic carbocycles. The Morgan fingerprint density at radius 2 is 1.75 bits per heavy atom. The van der Waals surface area contributed by atoms with E-state index in [-0.39, 0.29) is 0 Å². The van der Waals surface area contributed by atoms with Crippen LogP contribution in [-0.2, 0) is 0 Å². The van der Waals surface area contributed by atoms with Gasteiger partial charge in [0.05, 0.1) is 0 Å². The van der Waals surface area contributed by atoms with E-state index >= 15 is 0 Å². The molecule has 0 aliphatic rings. The van der Waals surface area contributed by atoms with Crippen molar-refractivity contribution in [3.8, 4) is 0 Å². The highest BCUT2D eigenvalue weighted by molar-refractivity contribution is 6.38. The quantitative estimate of drug-likeness (QED) is 0.681. The van der Waals surface area contributed by atoms with Gasteiger partial charge in [-0.05, 0) is 25.0 Å². The Kier molecular flexibility index (Phi) is 3.26. The Hall–Kier alpha value is -0.863. The van der Waals surface area contributed by atoms with Crippen LogP contribution in [0.25, 0.3) is 5.57 Å². The molecule has 0 radical (unpaired) electrons. The second-order valence-electron chi connectivity index (χ2n) is 2.93. The molecule has 0 atom stereocenters. The molecule has 0 aliphatic heterocycles. The first-order valence-electron chi connectivity index (χ1n) is 4.08. The van der Waals surface area contributed by atoms with E-state index in [0.717, 1.165) is 0 Å². The molecule has 0 spiro atoms. The fourth-order valence-corrected chi connectivity index (χ4v) is 1.49. The second kappa shape index (κ2) is 4.23. The van der Waals surface area contributed by atoms with Crippen LogP contribution in [0, 0.1) is 0 Å². The van der Waals surface area contributed by atoms with Gasteiger partial charge in [-0.25, -0.2) is 0 Å². The molecule has 1 aromatic rings. The third kappa shape index (κ3) is 2.06. The van der Waals surface area contributed by atoms with E-state index < -0.39 is 9.76 Å². The number of allylic oxidation sites excluding steroid dienone is 2. The number of hydrogen-bond donors (Lipinski definition) is 1. The van der Waals surface area contributed by atoms with Gasteiger partial charge in [0.25, 0.3) is 0 Å². The summed E-state index contributed by atoms with van der Waals surface area (Å²) in [5.41, 5.74) is 2.45. The summed E-state index contributed by atoms with van der Waals surface area (Å²) in [5, 5.41) is 1.17. The summed E-state index contributed by atoms with van der Waals surface area (Å²) in [6.07, 6.45) is 0. The van der Waals surface area contributed by atoms with Gasteiger partial charge in [-0.15, -0.1) is 0 Å². The molecule has 0 bridgehead atoms. The molecule has 0 amide bonds. The third-order valence-electron chi connectivity index (χ3n) is 2.08. The minimum absolute atomic E-state index is 0.973. The van der Waals surface area contributed by atoms with Crippen LogP contribution in [-0.4, -0.2) is 14.6 Å². The molecule has 12 heavy (non-hydrogen) atoms. The highest BCUT2D eigenvalue weighted by Crippen LogP contribution is 2.15. The molecule has 0 aromatic heterocycles. The summed E-state index contributed by atoms with van der Waals surface area (Å²) >= 11 is 0. The Balaban J connectivity index is 3.00. The molecule has 0 saturated carbocycles. The Labute approximate surface area is 75.7 Å². The van der Waals surface area contributed by atoms with E-state index in [0.29, 0.717) is 0 Å². The van der Waals surface area contributed by atoms with E-state index in [1.807, 2.05) is 25.1 Å². The van der Waals surface area contributed by atoms with Gasteiger partial charge in [0.2, 0.25) is 0 Å². The summed E-state index contributed by atoms with van der Waals surface area (Å²) in [4.78, 5) is 9.05. The molecular weight excluding hydrogens is 164 g/mol. The van der Waals surface area contributed by atoms with Crippen molar-refractivity contribution in [1.29, 1.82) is 0 Å². The van der Waals surface area contributed by atoms with Gasteiger partial charge >= 0.3 is 0 Å². The lowest BCUT2D eigenvalue weighted by Crippen LogP contribution is -1.93. The summed E-state index contributed by atoms with van der Waals surface area (Å²) < 4.78 is 0. The zero-order chi connectivity index (χ0) is 8.97. The van der Waals surface area contributed by atoms with Crippen LogP contribution in [0.5, 0.6) is 0 Å². The topological polar surface area (TPSA) is 20.2 Å². The van der Waals surface area contributed by atoms with Crippen molar-refractivity contribution in [2.24, 2.45) is 0 Å². The maximum absolute atomic E-state index is 9.05. The first kappa shape index (κ1) is 9.23. The Bertz CT molecular complexity index is 277. The van der Waals surface area contributed by atoms with Crippen molar-refractivity contribution in [3.63, 3.8) is 0 Å². The van der Waals surface area contributed by atoms with Crippen molar-refractivity contribution in [3.05, 3.63) is 41.1 Å². The smallest absolute Gasteiger partial charge is 0.183 e. The molecule has 1 nitrogen and oxygen atoms in total. The molecular formula is C10H14OSi. The second-order valence-corrected chi connectivity index (χ2v) is 4.31. The normalized spacial score (nSPS) is 13.6. The SMILES string of the molecule is CC([SiH2]O)=C(C)c1ccccc1. The van der Waals surface area contributed by atoms with E-state index in [9.17, 15) is 0 Å². The fourth-order valence-electron chi connectivity index (χ4n) is 1.05. The predicted octanol–water partition coefficient (Wildman–Crippen LogP) is 1.51. The van der Waals surface area contributed by atoms with E-state index in [1.165, 1.54) is 16.3 Å². The third-order valence-corrected chi connectivity index (χ3v) is 3.09. The minimum atomic E-state index is -0.973. The van der Waals surface area contributed by atoms with Gasteiger partial charge in [0.1, 0.15) is 0 Å². The lowest BCUT2D eigenvalue weighted by atomic mass is 10.1. The zero-order valence-corrected chi connectivity index (χ0v) is 8.96. The first-order chi connectivity index (χ1) is 5.75. The molecule has 0 fully saturated rings. The molecule has 0 heterocycles. The molecule has 1 N–H and O–H groups in total. The average molecular weight is 178 g/mol. The lowest BCUT2D eigenvalue weighted by molar-refractivity contribution is 0.611. The van der Waals surface area contributed by atoms with Crippen LogP contribution in [0.2, 0.25) is 0 Å². The molecule has 1 rings (SSSR count). The molecule has 0 unspecified atom stereocenters. The van der Waals surface area contributed by atoms with Crippen molar-refractivity contribution in [2.45, 2.75) is 13.8 Å². The zero-order valence-electron chi connectivity index (χ0n) is 7.54. The van der Waals surface area contributed by atoms with E-state index in [4.69, 9.17) is 4.80 Å². The standard InChI is InChI=1S/C10H14OSi/c1-8(9(2)12-11)10-6-4-3-5-7-10/h3-7,11H,12H2,1-2H3. The summed E-state index contributed by atoms with van der Waals surface area (Å²) in [7, 11) is -0.973. The van der Waals surface area contributed by atoms with Gasteiger partial charge in [-0.3, -0.25) is 0 Å². The number of benzene rings is 1. The Morgan fingerprint density at radius 1 is 1.17 bits per heavy atom. The van der Waals surface area contributed by atoms with Crippen molar-refractivity contribution < 1.29 is 4.80 Å². The van der Waals surface area contributed by atoms with Crippen molar-refractivity contribution in [1.82, 2.24) is 0 Å². The Morgan fingerprint density at radius 3 is 2.25 bits per heavy atom. The minimum Gasteiger partial charge on any atom is -0.434 e. The fraction of sp³-hybridized carbons (Fsp3) is 0.200. The van der Waals surface area contributed by atoms with E-state index in [2.05, 4.69) is 19.1 Å². The molecule has 64 valence electrons. The first-order valence-corrected chi connectivity index (χ1v) is 5.42. The van der Waals surface area contributed by atoms with Crippen LogP contribution in [0.4, 0.5) is 0 Å². The highest BCUT2D eigenvalue weighted by atomic mass is 28.2. The monoisotopic (exact) mass is 178 g/mol. The van der Waals surface area contributed by atoms with Crippen LogP contribution in [0.15, 0.2) is 35.5 Å². The van der Waals surface area contributed by atoms with Gasteiger partial charge in [-0.1, -0.05) is 35.5 Å². The predicted molar refractivity (Wildman–Crippen MR) is 55.5 cm³/mol. The maximum atomic E-state index is 9.05. The number of rotatable bonds is 2. The largest absolute Gasteiger partial charge is 0.434 e. The van der Waals surface area contributed by atoms with E-state index in [1.54, 1.807) is 0 Å². The van der Waals surface area contributed by atoms with Crippen LogP contribution >= 0.6 is 0 Å². The summed E-state index contributed by atoms with van der Waals surface area (Å²) in [6, 6.07) is 10.2. The molecule has 2 heteroatoms. The van der Waals surface area contributed by atoms with Crippen LogP contribution in [0.1, 0.15) is 19.4 Å². The average Bonchev–Trinajstić information content (AvgIpc) is 2.17. The van der Waals surface area contributed by atoms with Gasteiger partial charge in [0, 0.05) is 0 Å². The molecule has 0 aliphatic carbocycles. The van der Waals surface area contributed by atoms with Gasteiger partial charge < -0.3 is 4.80 Å². The van der Waals surface area contributed by atoms with Crippen molar-refractivity contribution >= 4 is 15.3 Å². The highest BCUT2D eigenvalue weighted by Gasteiger charge is 1.97. The van der Waals surface area contributed by atoms with Gasteiger partial charge in [0.15, 0.2) is 9.76 Å². The number of hydrogen-bond acceptors (Lipinski definition) is 1. The maximum Gasteiger partial charge on any atom is 0.183 e. The van der Waals surface area contributed by atoms with Crippen LogP contribution < -0.4 is 0 Å².